The quantitative estimate of drug-likeness (QED) is 0.0203. The smallest absolute Gasteiger partial charge is 0.306 e. The molecular weight excluding hydrogens is 829 g/mol. The van der Waals surface area contributed by atoms with Crippen molar-refractivity contribution in [3.63, 3.8) is 0 Å². The summed E-state index contributed by atoms with van der Waals surface area (Å²) in [6.07, 6.45) is 19.3. The van der Waals surface area contributed by atoms with Gasteiger partial charge in [-0.05, 0) is 64.2 Å². The van der Waals surface area contributed by atoms with Crippen LogP contribution in [0.5, 0.6) is 0 Å². The van der Waals surface area contributed by atoms with Crippen molar-refractivity contribution in [2.75, 3.05) is 26.4 Å². The van der Waals surface area contributed by atoms with Gasteiger partial charge in [-0.25, -0.2) is 0 Å². The molecule has 15 nitrogen and oxygen atoms in total. The molecule has 0 aromatic rings. The van der Waals surface area contributed by atoms with Gasteiger partial charge in [-0.1, -0.05) is 128 Å². The van der Waals surface area contributed by atoms with Gasteiger partial charge in [0.25, 0.3) is 0 Å². The molecule has 2 fully saturated rings. The van der Waals surface area contributed by atoms with Crippen molar-refractivity contribution in [3.8, 4) is 0 Å². The molecule has 2 saturated heterocycles. The number of allylic oxidation sites excluding steroid dienone is 4. The van der Waals surface area contributed by atoms with Crippen molar-refractivity contribution in [2.45, 2.75) is 248 Å². The summed E-state index contributed by atoms with van der Waals surface area (Å²) in [7, 11) is 0. The van der Waals surface area contributed by atoms with E-state index in [1.165, 1.54) is 96.3 Å². The number of ether oxygens (including phenoxy) is 6. The fourth-order valence-electron chi connectivity index (χ4n) is 7.73. The average molecular weight is 917 g/mol. The molecule has 0 aliphatic carbocycles. The van der Waals surface area contributed by atoms with Crippen molar-refractivity contribution in [1.29, 1.82) is 0 Å². The minimum absolute atomic E-state index is 0.142. The second-order valence-electron chi connectivity index (χ2n) is 17.6. The molecule has 0 spiro atoms. The monoisotopic (exact) mass is 917 g/mol. The van der Waals surface area contributed by atoms with Gasteiger partial charge in [0.2, 0.25) is 0 Å². The summed E-state index contributed by atoms with van der Waals surface area (Å²) in [4.78, 5) is 25.7. The van der Waals surface area contributed by atoms with Crippen LogP contribution in [0.15, 0.2) is 24.3 Å². The number of esters is 2. The van der Waals surface area contributed by atoms with Gasteiger partial charge in [0.15, 0.2) is 18.7 Å². The number of carbonyl (C=O) groups is 2. The average Bonchev–Trinajstić information content (AvgIpc) is 3.29. The molecule has 0 aromatic carbocycles. The van der Waals surface area contributed by atoms with Gasteiger partial charge in [-0.15, -0.1) is 0 Å². The lowest BCUT2D eigenvalue weighted by Gasteiger charge is -2.42. The van der Waals surface area contributed by atoms with E-state index in [2.05, 4.69) is 38.2 Å². The van der Waals surface area contributed by atoms with E-state index in [1.807, 2.05) is 0 Å². The molecular formula is C49H88O15. The van der Waals surface area contributed by atoms with Gasteiger partial charge >= 0.3 is 11.9 Å². The fourth-order valence-corrected chi connectivity index (χ4v) is 7.73. The Labute approximate surface area is 383 Å². The van der Waals surface area contributed by atoms with Crippen LogP contribution in [0.4, 0.5) is 0 Å². The SMILES string of the molecule is CCCCCCCC/C=C/CCCCCC(=O)O[C@H](COC(=O)CCCC/C=C/CCCCCCCCCCC)CO[C@@H]1O[C@H](CO[C@@H]2O[C@H](CO)[C@H](O)C(O)C2O)[C@H](O)C(O)C1O. The Bertz CT molecular complexity index is 1220. The molecule has 0 radical (unpaired) electrons. The van der Waals surface area contributed by atoms with Gasteiger partial charge in [0.05, 0.1) is 19.8 Å². The molecule has 0 aromatic heterocycles. The first kappa shape index (κ1) is 58.1. The summed E-state index contributed by atoms with van der Waals surface area (Å²) in [6, 6.07) is 0. The summed E-state index contributed by atoms with van der Waals surface area (Å²) in [5, 5.41) is 72.0. The van der Waals surface area contributed by atoms with Crippen LogP contribution < -0.4 is 0 Å². The van der Waals surface area contributed by atoms with Crippen LogP contribution in [0.25, 0.3) is 0 Å². The van der Waals surface area contributed by atoms with Crippen molar-refractivity contribution in [1.82, 2.24) is 0 Å². The Hall–Kier alpha value is -2.02. The fraction of sp³-hybridized carbons (Fsp3) is 0.878. The highest BCUT2D eigenvalue weighted by molar-refractivity contribution is 5.70. The maximum Gasteiger partial charge on any atom is 0.306 e. The summed E-state index contributed by atoms with van der Waals surface area (Å²) >= 11 is 0. The van der Waals surface area contributed by atoms with E-state index in [0.29, 0.717) is 12.8 Å². The molecule has 11 atom stereocenters. The molecule has 64 heavy (non-hydrogen) atoms. The summed E-state index contributed by atoms with van der Waals surface area (Å²) in [5.41, 5.74) is 0. The zero-order valence-electron chi connectivity index (χ0n) is 39.3. The largest absolute Gasteiger partial charge is 0.462 e. The number of rotatable bonds is 38. The predicted octanol–water partition coefficient (Wildman–Crippen LogP) is 6.38. The molecule has 4 unspecified atom stereocenters. The number of hydrogen-bond donors (Lipinski definition) is 7. The maximum absolute atomic E-state index is 13.0. The van der Waals surface area contributed by atoms with Crippen LogP contribution >= 0.6 is 0 Å². The highest BCUT2D eigenvalue weighted by Crippen LogP contribution is 2.26. The highest BCUT2D eigenvalue weighted by Gasteiger charge is 2.47. The van der Waals surface area contributed by atoms with Crippen LogP contribution in [-0.2, 0) is 38.0 Å². The maximum atomic E-state index is 13.0. The van der Waals surface area contributed by atoms with Crippen LogP contribution in [-0.4, -0.2) is 142 Å². The van der Waals surface area contributed by atoms with E-state index >= 15 is 0 Å². The van der Waals surface area contributed by atoms with Crippen molar-refractivity contribution < 1.29 is 73.8 Å². The summed E-state index contributed by atoms with van der Waals surface area (Å²) < 4.78 is 33.5. The predicted molar refractivity (Wildman–Crippen MR) is 243 cm³/mol. The molecule has 2 aliphatic rings. The lowest BCUT2D eigenvalue weighted by atomic mass is 9.98. The van der Waals surface area contributed by atoms with E-state index in [-0.39, 0.29) is 19.4 Å². The third-order valence-electron chi connectivity index (χ3n) is 11.9. The minimum atomic E-state index is -1.77. The first-order valence-corrected chi connectivity index (χ1v) is 24.9. The van der Waals surface area contributed by atoms with Gasteiger partial charge < -0.3 is 64.2 Å². The third kappa shape index (κ3) is 25.2. The zero-order chi connectivity index (χ0) is 46.8. The van der Waals surface area contributed by atoms with E-state index in [1.54, 1.807) is 0 Å². The number of aliphatic hydroxyl groups excluding tert-OH is 7. The second kappa shape index (κ2) is 37.0. The van der Waals surface area contributed by atoms with Crippen LogP contribution in [0.3, 0.4) is 0 Å². The minimum Gasteiger partial charge on any atom is -0.462 e. The van der Waals surface area contributed by atoms with E-state index in [9.17, 15) is 45.3 Å². The van der Waals surface area contributed by atoms with Crippen molar-refractivity contribution in [3.05, 3.63) is 24.3 Å². The standard InChI is InChI=1S/C49H88O15/c1-3-5-7-9-11-13-15-17-18-20-21-23-25-27-29-31-40(51)59-34-37(62-41(52)32-30-28-26-24-22-19-16-14-12-10-8-6-4-2)35-60-48-47(58)45(56)43(54)39(64-48)36-61-49-46(57)44(55)42(53)38(33-50)63-49/h19,21-23,37-39,42-50,53-58H,3-18,20,24-36H2,1-2H3/b22-19+,23-21+/t37-,38-,39-,42+,43+,44?,45?,46?,47?,48-,49-/m1/s1. The summed E-state index contributed by atoms with van der Waals surface area (Å²) in [5.74, 6) is -0.967. The topological polar surface area (TPSA) is 231 Å². The Morgan fingerprint density at radius 3 is 1.41 bits per heavy atom. The van der Waals surface area contributed by atoms with E-state index in [4.69, 9.17) is 28.4 Å². The molecule has 15 heteroatoms. The first-order chi connectivity index (χ1) is 31.0. The second-order valence-corrected chi connectivity index (χ2v) is 17.6. The van der Waals surface area contributed by atoms with Crippen molar-refractivity contribution in [2.24, 2.45) is 0 Å². The number of unbranched alkanes of at least 4 members (excludes halogenated alkanes) is 20. The molecule has 0 saturated carbocycles. The molecule has 374 valence electrons. The Morgan fingerprint density at radius 2 is 0.891 bits per heavy atom. The molecule has 2 heterocycles. The Balaban J connectivity index is 1.84. The molecule has 0 bridgehead atoms. The zero-order valence-corrected chi connectivity index (χ0v) is 39.3. The Morgan fingerprint density at radius 1 is 0.484 bits per heavy atom. The van der Waals surface area contributed by atoms with Gasteiger partial charge in [-0.3, -0.25) is 9.59 Å². The first-order valence-electron chi connectivity index (χ1n) is 24.9. The number of hydrogen-bond acceptors (Lipinski definition) is 15. The molecule has 2 rings (SSSR count). The molecule has 2 aliphatic heterocycles. The van der Waals surface area contributed by atoms with Gasteiger partial charge in [0.1, 0.15) is 55.4 Å². The normalized spacial score (nSPS) is 26.8. The number of carbonyl (C=O) groups excluding carboxylic acids is 2. The lowest BCUT2D eigenvalue weighted by molar-refractivity contribution is -0.332. The van der Waals surface area contributed by atoms with Crippen LogP contribution in [0.1, 0.15) is 181 Å². The van der Waals surface area contributed by atoms with Gasteiger partial charge in [0, 0.05) is 12.8 Å². The molecule has 0 amide bonds. The van der Waals surface area contributed by atoms with Crippen LogP contribution in [0.2, 0.25) is 0 Å². The van der Waals surface area contributed by atoms with E-state index in [0.717, 1.165) is 44.9 Å². The highest BCUT2D eigenvalue weighted by atomic mass is 16.7. The number of aliphatic hydroxyl groups is 7. The van der Waals surface area contributed by atoms with Crippen LogP contribution in [0, 0.1) is 0 Å². The Kier molecular flexibility index (Phi) is 33.6. The lowest BCUT2D eigenvalue weighted by Crippen LogP contribution is -2.61. The van der Waals surface area contributed by atoms with Gasteiger partial charge in [-0.2, -0.15) is 0 Å². The third-order valence-corrected chi connectivity index (χ3v) is 11.9. The van der Waals surface area contributed by atoms with E-state index < -0.39 is 99.3 Å². The summed E-state index contributed by atoms with van der Waals surface area (Å²) in [6.45, 7) is 2.54. The van der Waals surface area contributed by atoms with Crippen molar-refractivity contribution >= 4 is 11.9 Å². The molecule has 7 N–H and O–H groups in total.